The number of rotatable bonds is 5. The molecule has 90 valence electrons. The summed E-state index contributed by atoms with van der Waals surface area (Å²) in [6.07, 6.45) is 5.87. The van der Waals surface area contributed by atoms with Crippen LogP contribution in [0.3, 0.4) is 0 Å². The molecule has 0 radical (unpaired) electrons. The van der Waals surface area contributed by atoms with Gasteiger partial charge >= 0.3 is 0 Å². The SMILES string of the molecule is CSc1cccc(-n2cc(CCCN)nn2)c1. The maximum atomic E-state index is 5.47. The molecular weight excluding hydrogens is 232 g/mol. The highest BCUT2D eigenvalue weighted by atomic mass is 32.2. The Morgan fingerprint density at radius 2 is 2.29 bits per heavy atom. The molecule has 2 rings (SSSR count). The van der Waals surface area contributed by atoms with Crippen LogP contribution in [0.5, 0.6) is 0 Å². The Balaban J connectivity index is 2.18. The first-order valence-corrected chi connectivity index (χ1v) is 6.81. The van der Waals surface area contributed by atoms with E-state index in [2.05, 4.69) is 28.7 Å². The van der Waals surface area contributed by atoms with Crippen molar-refractivity contribution < 1.29 is 0 Å². The lowest BCUT2D eigenvalue weighted by molar-refractivity contribution is 0.778. The number of aryl methyl sites for hydroxylation is 1. The molecule has 0 spiro atoms. The number of benzene rings is 1. The van der Waals surface area contributed by atoms with Gasteiger partial charge in [0.2, 0.25) is 0 Å². The van der Waals surface area contributed by atoms with Gasteiger partial charge in [-0.15, -0.1) is 16.9 Å². The van der Waals surface area contributed by atoms with Gasteiger partial charge in [0.1, 0.15) is 0 Å². The van der Waals surface area contributed by atoms with Crippen LogP contribution in [-0.2, 0) is 6.42 Å². The van der Waals surface area contributed by atoms with Gasteiger partial charge < -0.3 is 5.73 Å². The minimum Gasteiger partial charge on any atom is -0.330 e. The van der Waals surface area contributed by atoms with Crippen LogP contribution in [0, 0.1) is 0 Å². The van der Waals surface area contributed by atoms with Crippen molar-refractivity contribution in [2.75, 3.05) is 12.8 Å². The number of nitrogens with zero attached hydrogens (tertiary/aromatic N) is 3. The van der Waals surface area contributed by atoms with Crippen LogP contribution in [0.2, 0.25) is 0 Å². The van der Waals surface area contributed by atoms with E-state index in [0.29, 0.717) is 6.54 Å². The molecule has 1 heterocycles. The van der Waals surface area contributed by atoms with Gasteiger partial charge in [-0.2, -0.15) is 0 Å². The van der Waals surface area contributed by atoms with Gasteiger partial charge in [-0.05, 0) is 43.8 Å². The third-order valence-electron chi connectivity index (χ3n) is 2.50. The fraction of sp³-hybridized carbons (Fsp3) is 0.333. The standard InChI is InChI=1S/C12H16N4S/c1-17-12-6-2-5-11(8-12)16-9-10(14-15-16)4-3-7-13/h2,5-6,8-9H,3-4,7,13H2,1H3. The fourth-order valence-corrected chi connectivity index (χ4v) is 2.03. The third kappa shape index (κ3) is 3.08. The molecule has 0 aliphatic rings. The average molecular weight is 248 g/mol. The molecular formula is C12H16N4S. The molecule has 1 aromatic carbocycles. The molecule has 0 bridgehead atoms. The quantitative estimate of drug-likeness (QED) is 0.821. The van der Waals surface area contributed by atoms with E-state index in [-0.39, 0.29) is 0 Å². The normalized spacial score (nSPS) is 10.7. The van der Waals surface area contributed by atoms with Crippen molar-refractivity contribution >= 4 is 11.8 Å². The highest BCUT2D eigenvalue weighted by molar-refractivity contribution is 7.98. The predicted molar refractivity (Wildman–Crippen MR) is 70.5 cm³/mol. The highest BCUT2D eigenvalue weighted by Crippen LogP contribution is 2.18. The summed E-state index contributed by atoms with van der Waals surface area (Å²) in [5, 5.41) is 8.27. The van der Waals surface area contributed by atoms with Gasteiger partial charge in [0.25, 0.3) is 0 Å². The zero-order chi connectivity index (χ0) is 12.1. The number of aromatic nitrogens is 3. The molecule has 0 saturated heterocycles. The Bertz CT molecular complexity index is 481. The largest absolute Gasteiger partial charge is 0.330 e. The second kappa shape index (κ2) is 5.84. The van der Waals surface area contributed by atoms with Crippen LogP contribution in [0.1, 0.15) is 12.1 Å². The van der Waals surface area contributed by atoms with Gasteiger partial charge in [0, 0.05) is 4.90 Å². The number of hydrogen-bond acceptors (Lipinski definition) is 4. The van der Waals surface area contributed by atoms with Crippen LogP contribution in [0.25, 0.3) is 5.69 Å². The summed E-state index contributed by atoms with van der Waals surface area (Å²) >= 11 is 1.72. The van der Waals surface area contributed by atoms with Gasteiger partial charge in [-0.25, -0.2) is 4.68 Å². The van der Waals surface area contributed by atoms with E-state index in [0.717, 1.165) is 24.2 Å². The summed E-state index contributed by atoms with van der Waals surface area (Å²) in [5.41, 5.74) is 7.51. The monoisotopic (exact) mass is 248 g/mol. The van der Waals surface area contributed by atoms with Crippen molar-refractivity contribution in [1.29, 1.82) is 0 Å². The van der Waals surface area contributed by atoms with Crippen molar-refractivity contribution in [1.82, 2.24) is 15.0 Å². The Hall–Kier alpha value is -1.33. The zero-order valence-electron chi connectivity index (χ0n) is 9.84. The lowest BCUT2D eigenvalue weighted by Gasteiger charge is -2.01. The van der Waals surface area contributed by atoms with E-state index in [4.69, 9.17) is 5.73 Å². The Morgan fingerprint density at radius 1 is 1.41 bits per heavy atom. The summed E-state index contributed by atoms with van der Waals surface area (Å²) < 4.78 is 1.81. The van der Waals surface area contributed by atoms with Crippen LogP contribution < -0.4 is 5.73 Å². The Morgan fingerprint density at radius 3 is 3.06 bits per heavy atom. The summed E-state index contributed by atoms with van der Waals surface area (Å²) in [5.74, 6) is 0. The first kappa shape index (κ1) is 12.1. The van der Waals surface area contributed by atoms with E-state index >= 15 is 0 Å². The summed E-state index contributed by atoms with van der Waals surface area (Å²) in [6, 6.07) is 8.25. The molecule has 1 aromatic heterocycles. The van der Waals surface area contributed by atoms with Crippen molar-refractivity contribution in [2.45, 2.75) is 17.7 Å². The topological polar surface area (TPSA) is 56.7 Å². The number of hydrogen-bond donors (Lipinski definition) is 1. The number of nitrogens with two attached hydrogens (primary N) is 1. The molecule has 0 amide bonds. The maximum absolute atomic E-state index is 5.47. The first-order chi connectivity index (χ1) is 8.33. The van der Waals surface area contributed by atoms with Crippen LogP contribution in [-0.4, -0.2) is 27.8 Å². The molecule has 17 heavy (non-hydrogen) atoms. The van der Waals surface area contributed by atoms with Gasteiger partial charge in [0.15, 0.2) is 0 Å². The van der Waals surface area contributed by atoms with E-state index in [1.165, 1.54) is 4.90 Å². The van der Waals surface area contributed by atoms with Crippen molar-refractivity contribution in [3.8, 4) is 5.69 Å². The van der Waals surface area contributed by atoms with Crippen molar-refractivity contribution in [3.05, 3.63) is 36.2 Å². The molecule has 4 nitrogen and oxygen atoms in total. The molecule has 2 aromatic rings. The molecule has 5 heteroatoms. The molecule has 0 unspecified atom stereocenters. The maximum Gasteiger partial charge on any atom is 0.0832 e. The van der Waals surface area contributed by atoms with Crippen molar-refractivity contribution in [3.63, 3.8) is 0 Å². The fourth-order valence-electron chi connectivity index (χ4n) is 1.58. The lowest BCUT2D eigenvalue weighted by atomic mass is 10.2. The van der Waals surface area contributed by atoms with Gasteiger partial charge in [-0.1, -0.05) is 11.3 Å². The Labute approximate surface area is 105 Å². The van der Waals surface area contributed by atoms with Crippen LogP contribution >= 0.6 is 11.8 Å². The highest BCUT2D eigenvalue weighted by Gasteiger charge is 2.03. The molecule has 0 fully saturated rings. The smallest absolute Gasteiger partial charge is 0.0832 e. The van der Waals surface area contributed by atoms with E-state index < -0.39 is 0 Å². The minimum atomic E-state index is 0.689. The molecule has 0 aliphatic carbocycles. The summed E-state index contributed by atoms with van der Waals surface area (Å²) in [6.45, 7) is 0.689. The van der Waals surface area contributed by atoms with Gasteiger partial charge in [-0.3, -0.25) is 0 Å². The minimum absolute atomic E-state index is 0.689. The zero-order valence-corrected chi connectivity index (χ0v) is 10.7. The number of thioether (sulfide) groups is 1. The van der Waals surface area contributed by atoms with Crippen LogP contribution in [0.15, 0.2) is 35.4 Å². The second-order valence-corrected chi connectivity index (χ2v) is 4.63. The molecule has 0 atom stereocenters. The van der Waals surface area contributed by atoms with E-state index in [1.807, 2.05) is 23.0 Å². The summed E-state index contributed by atoms with van der Waals surface area (Å²) in [7, 11) is 0. The summed E-state index contributed by atoms with van der Waals surface area (Å²) in [4.78, 5) is 1.22. The van der Waals surface area contributed by atoms with Crippen molar-refractivity contribution in [2.24, 2.45) is 5.73 Å². The van der Waals surface area contributed by atoms with E-state index in [1.54, 1.807) is 11.8 Å². The molecule has 2 N–H and O–H groups in total. The molecule has 0 aliphatic heterocycles. The predicted octanol–water partition coefficient (Wildman–Crippen LogP) is 1.88. The second-order valence-electron chi connectivity index (χ2n) is 3.75. The lowest BCUT2D eigenvalue weighted by Crippen LogP contribution is -2.00. The Kier molecular flexibility index (Phi) is 4.17. The van der Waals surface area contributed by atoms with Gasteiger partial charge in [0.05, 0.1) is 17.6 Å². The molecule has 0 saturated carbocycles. The first-order valence-electron chi connectivity index (χ1n) is 5.59. The average Bonchev–Trinajstić information content (AvgIpc) is 2.85. The van der Waals surface area contributed by atoms with Crippen LogP contribution in [0.4, 0.5) is 0 Å². The third-order valence-corrected chi connectivity index (χ3v) is 3.22. The van der Waals surface area contributed by atoms with E-state index in [9.17, 15) is 0 Å².